The summed E-state index contributed by atoms with van der Waals surface area (Å²) in [6, 6.07) is 1.10. The van der Waals surface area contributed by atoms with Crippen molar-refractivity contribution in [1.29, 1.82) is 0 Å². The molecule has 0 fully saturated rings. The van der Waals surface area contributed by atoms with Gasteiger partial charge in [-0.25, -0.2) is 9.78 Å². The van der Waals surface area contributed by atoms with E-state index >= 15 is 0 Å². The Morgan fingerprint density at radius 1 is 1.39 bits per heavy atom. The molecule has 0 saturated heterocycles. The highest BCUT2D eigenvalue weighted by Gasteiger charge is 2.04. The van der Waals surface area contributed by atoms with Crippen LogP contribution in [0.1, 0.15) is 38.8 Å². The minimum Gasteiger partial charge on any atom is -0.338 e. The Bertz CT molecular complexity index is 442. The second-order valence-electron chi connectivity index (χ2n) is 4.07. The van der Waals surface area contributed by atoms with Crippen molar-refractivity contribution in [2.24, 2.45) is 0 Å². The van der Waals surface area contributed by atoms with Crippen LogP contribution in [0.4, 0.5) is 10.7 Å². The van der Waals surface area contributed by atoms with Crippen LogP contribution >= 0.6 is 0 Å². The summed E-state index contributed by atoms with van der Waals surface area (Å²) in [5, 5.41) is 5.21. The highest BCUT2D eigenvalue weighted by atomic mass is 16.2. The van der Waals surface area contributed by atoms with Crippen LogP contribution < -0.4 is 16.2 Å². The fourth-order valence-electron chi connectivity index (χ4n) is 1.48. The van der Waals surface area contributed by atoms with E-state index in [0.29, 0.717) is 12.2 Å². The molecule has 0 bridgehead atoms. The third kappa shape index (κ3) is 4.99. The van der Waals surface area contributed by atoms with E-state index in [1.54, 1.807) is 0 Å². The topological polar surface area (TPSA) is 86.9 Å². The summed E-state index contributed by atoms with van der Waals surface area (Å²) in [5.41, 5.74) is 0.433. The maximum absolute atomic E-state index is 11.5. The van der Waals surface area contributed by atoms with E-state index in [2.05, 4.69) is 20.6 Å². The van der Waals surface area contributed by atoms with E-state index in [1.807, 2.05) is 13.8 Å². The monoisotopic (exact) mass is 252 g/mol. The lowest BCUT2D eigenvalue weighted by Crippen LogP contribution is -2.31. The van der Waals surface area contributed by atoms with Crippen molar-refractivity contribution in [3.63, 3.8) is 0 Å². The predicted octanol–water partition coefficient (Wildman–Crippen LogP) is 1.64. The molecule has 6 nitrogen and oxygen atoms in total. The first-order chi connectivity index (χ1) is 8.65. The number of nitrogens with one attached hydrogen (secondary N) is 3. The van der Waals surface area contributed by atoms with E-state index in [9.17, 15) is 9.59 Å². The number of rotatable bonds is 6. The van der Waals surface area contributed by atoms with E-state index < -0.39 is 0 Å². The van der Waals surface area contributed by atoms with Gasteiger partial charge in [-0.05, 0) is 12.8 Å². The molecule has 0 aliphatic heterocycles. The van der Waals surface area contributed by atoms with Crippen molar-refractivity contribution < 1.29 is 4.79 Å². The van der Waals surface area contributed by atoms with Gasteiger partial charge in [0.2, 0.25) is 5.95 Å². The zero-order chi connectivity index (χ0) is 13.4. The van der Waals surface area contributed by atoms with E-state index in [4.69, 9.17) is 0 Å². The minimum absolute atomic E-state index is 0.194. The Hall–Kier alpha value is -1.85. The first-order valence-electron chi connectivity index (χ1n) is 6.30. The number of hydrogen-bond acceptors (Lipinski definition) is 3. The number of carbonyl (C=O) groups excluding carboxylic acids is 1. The van der Waals surface area contributed by atoms with Crippen LogP contribution in [0.25, 0.3) is 0 Å². The van der Waals surface area contributed by atoms with E-state index in [0.717, 1.165) is 25.7 Å². The van der Waals surface area contributed by atoms with Gasteiger partial charge in [0.1, 0.15) is 0 Å². The molecule has 18 heavy (non-hydrogen) atoms. The van der Waals surface area contributed by atoms with E-state index in [-0.39, 0.29) is 17.5 Å². The third-order valence-corrected chi connectivity index (χ3v) is 2.35. The molecule has 100 valence electrons. The van der Waals surface area contributed by atoms with Crippen LogP contribution in [0.3, 0.4) is 0 Å². The number of H-pyrrole nitrogens is 1. The Morgan fingerprint density at radius 2 is 2.17 bits per heavy atom. The summed E-state index contributed by atoms with van der Waals surface area (Å²) in [4.78, 5) is 29.5. The van der Waals surface area contributed by atoms with E-state index in [1.165, 1.54) is 6.07 Å². The minimum atomic E-state index is -0.347. The molecule has 0 aliphatic rings. The number of anilines is 1. The number of carbonyl (C=O) groups is 1. The van der Waals surface area contributed by atoms with Crippen molar-refractivity contribution in [2.75, 3.05) is 11.9 Å². The van der Waals surface area contributed by atoms with Crippen molar-refractivity contribution in [2.45, 2.75) is 39.5 Å². The summed E-state index contributed by atoms with van der Waals surface area (Å²) >= 11 is 0. The van der Waals surface area contributed by atoms with Crippen molar-refractivity contribution in [3.05, 3.63) is 22.1 Å². The van der Waals surface area contributed by atoms with Gasteiger partial charge in [0.05, 0.1) is 0 Å². The van der Waals surface area contributed by atoms with Crippen LogP contribution in [0.5, 0.6) is 0 Å². The number of hydrogen-bond donors (Lipinski definition) is 3. The predicted molar refractivity (Wildman–Crippen MR) is 70.8 cm³/mol. The van der Waals surface area contributed by atoms with Crippen molar-refractivity contribution in [3.8, 4) is 0 Å². The molecule has 0 spiro atoms. The lowest BCUT2D eigenvalue weighted by molar-refractivity contribution is 0.252. The summed E-state index contributed by atoms with van der Waals surface area (Å²) in [5.74, 6) is 0.194. The van der Waals surface area contributed by atoms with Gasteiger partial charge in [-0.1, -0.05) is 26.7 Å². The molecule has 1 heterocycles. The Labute approximate surface area is 106 Å². The lowest BCUT2D eigenvalue weighted by atomic mass is 10.2. The van der Waals surface area contributed by atoms with Crippen LogP contribution in [0.2, 0.25) is 0 Å². The fourth-order valence-corrected chi connectivity index (χ4v) is 1.48. The molecular weight excluding hydrogens is 232 g/mol. The molecule has 2 amide bonds. The number of amides is 2. The highest BCUT2D eigenvalue weighted by Crippen LogP contribution is 2.00. The van der Waals surface area contributed by atoms with Gasteiger partial charge in [0, 0.05) is 18.3 Å². The Morgan fingerprint density at radius 3 is 2.83 bits per heavy atom. The molecule has 0 atom stereocenters. The Balaban J connectivity index is 2.60. The zero-order valence-electron chi connectivity index (χ0n) is 10.9. The number of urea groups is 1. The van der Waals surface area contributed by atoms with Crippen molar-refractivity contribution >= 4 is 12.0 Å². The lowest BCUT2D eigenvalue weighted by Gasteiger charge is -2.07. The molecule has 0 aliphatic carbocycles. The average molecular weight is 252 g/mol. The van der Waals surface area contributed by atoms with Crippen LogP contribution in [-0.2, 0) is 6.42 Å². The number of aryl methyl sites for hydroxylation is 1. The molecule has 0 unspecified atom stereocenters. The quantitative estimate of drug-likeness (QED) is 0.673. The number of nitrogens with zero attached hydrogens (tertiary/aromatic N) is 1. The van der Waals surface area contributed by atoms with Crippen LogP contribution in [-0.4, -0.2) is 22.5 Å². The van der Waals surface area contributed by atoms with Gasteiger partial charge < -0.3 is 5.32 Å². The summed E-state index contributed by atoms with van der Waals surface area (Å²) in [6.45, 7) is 4.67. The van der Waals surface area contributed by atoms with Gasteiger partial charge in [-0.3, -0.25) is 15.1 Å². The summed E-state index contributed by atoms with van der Waals surface area (Å²) in [6.07, 6.45) is 3.56. The maximum Gasteiger partial charge on any atom is 0.321 e. The maximum atomic E-state index is 11.5. The molecule has 1 aromatic heterocycles. The highest BCUT2D eigenvalue weighted by molar-refractivity contribution is 5.87. The van der Waals surface area contributed by atoms with Crippen LogP contribution in [0, 0.1) is 0 Å². The van der Waals surface area contributed by atoms with Crippen LogP contribution in [0.15, 0.2) is 10.9 Å². The van der Waals surface area contributed by atoms with Gasteiger partial charge in [-0.2, -0.15) is 0 Å². The second kappa shape index (κ2) is 7.47. The fraction of sp³-hybridized carbons (Fsp3) is 0.583. The Kier molecular flexibility index (Phi) is 5.90. The molecular formula is C12H20N4O2. The smallest absolute Gasteiger partial charge is 0.321 e. The van der Waals surface area contributed by atoms with Gasteiger partial charge in [0.25, 0.3) is 5.56 Å². The SMILES string of the molecule is CCCCNC(=O)Nc1nc(CCC)cc(=O)[nH]1. The van der Waals surface area contributed by atoms with Gasteiger partial charge >= 0.3 is 6.03 Å². The molecule has 0 aromatic carbocycles. The molecule has 6 heteroatoms. The molecule has 1 rings (SSSR count). The molecule has 1 aromatic rings. The summed E-state index contributed by atoms with van der Waals surface area (Å²) < 4.78 is 0. The number of unbranched alkanes of at least 4 members (excludes halogenated alkanes) is 1. The standard InChI is InChI=1S/C12H20N4O2/c1-3-5-7-13-12(18)16-11-14-9(6-4-2)8-10(17)15-11/h8H,3-7H2,1-2H3,(H3,13,14,15,16,17,18). The third-order valence-electron chi connectivity index (χ3n) is 2.35. The van der Waals surface area contributed by atoms with Gasteiger partial charge in [0.15, 0.2) is 0 Å². The summed E-state index contributed by atoms with van der Waals surface area (Å²) in [7, 11) is 0. The normalized spacial score (nSPS) is 10.1. The zero-order valence-corrected chi connectivity index (χ0v) is 10.9. The molecule has 0 saturated carbocycles. The first kappa shape index (κ1) is 14.2. The number of aromatic nitrogens is 2. The second-order valence-corrected chi connectivity index (χ2v) is 4.07. The average Bonchev–Trinajstić information content (AvgIpc) is 2.28. The number of aromatic amines is 1. The first-order valence-corrected chi connectivity index (χ1v) is 6.30. The largest absolute Gasteiger partial charge is 0.338 e. The van der Waals surface area contributed by atoms with Gasteiger partial charge in [-0.15, -0.1) is 0 Å². The molecule has 3 N–H and O–H groups in total. The molecule has 0 radical (unpaired) electrons. The van der Waals surface area contributed by atoms with Crippen molar-refractivity contribution in [1.82, 2.24) is 15.3 Å².